The number of fused-ring (bicyclic) bond motifs is 1. The number of Topliss-reactive ketones (excluding diaryl/α,β-unsaturated/α-hetero) is 1. The zero-order chi connectivity index (χ0) is 18.9. The van der Waals surface area contributed by atoms with E-state index < -0.39 is 0 Å². The molecule has 2 N–H and O–H groups in total. The van der Waals surface area contributed by atoms with Crippen molar-refractivity contribution in [3.8, 4) is 11.1 Å². The fraction of sp³-hybridized carbons (Fsp3) is 0.300. The number of carbonyl (C=O) groups is 1. The SMILES string of the molecule is O=C(Cc1cnn(CC2CCOC2)c1)c1n[nH]c2cc(-c3cn[nH]c3)ccc12. The van der Waals surface area contributed by atoms with Gasteiger partial charge in [0, 0.05) is 48.8 Å². The molecule has 142 valence electrons. The molecule has 0 bridgehead atoms. The van der Waals surface area contributed by atoms with E-state index in [-0.39, 0.29) is 12.2 Å². The number of nitrogens with zero attached hydrogens (tertiary/aromatic N) is 4. The lowest BCUT2D eigenvalue weighted by molar-refractivity contribution is 0.0989. The average Bonchev–Trinajstić information content (AvgIpc) is 3.49. The standard InChI is InChI=1S/C20H20N6O2/c27-19(5-14-7-23-26(11-14)10-13-3-4-28-12-13)20-17-2-1-15(6-18(17)24-25-20)16-8-21-22-9-16/h1-2,6-9,11,13H,3-5,10,12H2,(H,21,22)(H,24,25). The molecule has 0 radical (unpaired) electrons. The number of nitrogens with one attached hydrogen (secondary N) is 2. The lowest BCUT2D eigenvalue weighted by Crippen LogP contribution is -2.11. The molecule has 5 rings (SSSR count). The molecule has 4 heterocycles. The van der Waals surface area contributed by atoms with Gasteiger partial charge in [0.15, 0.2) is 5.78 Å². The molecule has 1 unspecified atom stereocenters. The Labute approximate surface area is 160 Å². The summed E-state index contributed by atoms with van der Waals surface area (Å²) in [6.45, 7) is 2.44. The van der Waals surface area contributed by atoms with E-state index in [0.717, 1.165) is 53.8 Å². The third-order valence-electron chi connectivity index (χ3n) is 5.18. The molecular weight excluding hydrogens is 356 g/mol. The maximum absolute atomic E-state index is 12.8. The molecule has 0 amide bonds. The predicted molar refractivity (Wildman–Crippen MR) is 103 cm³/mol. The maximum atomic E-state index is 12.8. The molecule has 8 nitrogen and oxygen atoms in total. The van der Waals surface area contributed by atoms with Crippen molar-refractivity contribution in [2.24, 2.45) is 5.92 Å². The maximum Gasteiger partial charge on any atom is 0.188 e. The van der Waals surface area contributed by atoms with Gasteiger partial charge in [0.2, 0.25) is 0 Å². The lowest BCUT2D eigenvalue weighted by Gasteiger charge is -2.06. The number of ether oxygens (including phenoxy) is 1. The number of benzene rings is 1. The van der Waals surface area contributed by atoms with Gasteiger partial charge in [-0.15, -0.1) is 0 Å². The Kier molecular flexibility index (Phi) is 4.25. The quantitative estimate of drug-likeness (QED) is 0.504. The number of hydrogen-bond donors (Lipinski definition) is 2. The molecule has 1 atom stereocenters. The molecule has 0 aliphatic carbocycles. The van der Waals surface area contributed by atoms with E-state index in [9.17, 15) is 4.79 Å². The van der Waals surface area contributed by atoms with Gasteiger partial charge in [-0.25, -0.2) is 0 Å². The van der Waals surface area contributed by atoms with Gasteiger partial charge in [-0.05, 0) is 29.7 Å². The number of carbonyl (C=O) groups excluding carboxylic acids is 1. The van der Waals surface area contributed by atoms with Crippen LogP contribution in [0, 0.1) is 5.92 Å². The molecule has 1 aromatic carbocycles. The molecule has 4 aromatic rings. The fourth-order valence-electron chi connectivity index (χ4n) is 3.68. The third kappa shape index (κ3) is 3.22. The lowest BCUT2D eigenvalue weighted by atomic mass is 10.0. The van der Waals surface area contributed by atoms with Crippen LogP contribution in [-0.2, 0) is 17.7 Å². The van der Waals surface area contributed by atoms with Gasteiger partial charge in [-0.3, -0.25) is 19.7 Å². The van der Waals surface area contributed by atoms with Crippen molar-refractivity contribution in [2.45, 2.75) is 19.4 Å². The number of H-pyrrole nitrogens is 2. The summed E-state index contributed by atoms with van der Waals surface area (Å²) in [5, 5.41) is 19.2. The number of rotatable bonds is 6. The van der Waals surface area contributed by atoms with Gasteiger partial charge in [-0.2, -0.15) is 15.3 Å². The summed E-state index contributed by atoms with van der Waals surface area (Å²) >= 11 is 0. The van der Waals surface area contributed by atoms with Gasteiger partial charge in [0.25, 0.3) is 0 Å². The highest BCUT2D eigenvalue weighted by Crippen LogP contribution is 2.25. The van der Waals surface area contributed by atoms with E-state index in [1.165, 1.54) is 0 Å². The Morgan fingerprint density at radius 1 is 1.29 bits per heavy atom. The summed E-state index contributed by atoms with van der Waals surface area (Å²) in [4.78, 5) is 12.8. The van der Waals surface area contributed by atoms with Crippen LogP contribution in [0.2, 0.25) is 0 Å². The number of aromatic nitrogens is 6. The first-order valence-electron chi connectivity index (χ1n) is 9.36. The molecule has 1 fully saturated rings. The van der Waals surface area contributed by atoms with Gasteiger partial charge >= 0.3 is 0 Å². The van der Waals surface area contributed by atoms with Crippen molar-refractivity contribution in [3.63, 3.8) is 0 Å². The molecule has 8 heteroatoms. The molecule has 1 saturated heterocycles. The van der Waals surface area contributed by atoms with Crippen LogP contribution in [0.15, 0.2) is 43.0 Å². The van der Waals surface area contributed by atoms with E-state index in [1.807, 2.05) is 35.3 Å². The highest BCUT2D eigenvalue weighted by atomic mass is 16.5. The van der Waals surface area contributed by atoms with E-state index >= 15 is 0 Å². The minimum Gasteiger partial charge on any atom is -0.381 e. The van der Waals surface area contributed by atoms with Crippen molar-refractivity contribution in [1.82, 2.24) is 30.2 Å². The van der Waals surface area contributed by atoms with E-state index in [1.54, 1.807) is 12.4 Å². The van der Waals surface area contributed by atoms with Crippen molar-refractivity contribution in [2.75, 3.05) is 13.2 Å². The predicted octanol–water partition coefficient (Wildman–Crippen LogP) is 2.61. The second-order valence-electron chi connectivity index (χ2n) is 7.22. The fourth-order valence-corrected chi connectivity index (χ4v) is 3.68. The Morgan fingerprint density at radius 3 is 3.07 bits per heavy atom. The second kappa shape index (κ2) is 7.05. The summed E-state index contributed by atoms with van der Waals surface area (Å²) < 4.78 is 7.31. The van der Waals surface area contributed by atoms with Crippen LogP contribution in [0.5, 0.6) is 0 Å². The van der Waals surface area contributed by atoms with Gasteiger partial charge < -0.3 is 4.74 Å². The van der Waals surface area contributed by atoms with Gasteiger partial charge in [-0.1, -0.05) is 6.07 Å². The monoisotopic (exact) mass is 376 g/mol. The molecule has 0 spiro atoms. The minimum atomic E-state index is -0.0222. The highest BCUT2D eigenvalue weighted by molar-refractivity contribution is 6.07. The Bertz CT molecular complexity index is 1110. The van der Waals surface area contributed by atoms with Gasteiger partial charge in [0.1, 0.15) is 5.69 Å². The Balaban J connectivity index is 1.32. The van der Waals surface area contributed by atoms with Crippen LogP contribution in [-0.4, -0.2) is 49.2 Å². The first kappa shape index (κ1) is 16.9. The summed E-state index contributed by atoms with van der Waals surface area (Å²) in [5.74, 6) is 0.481. The topological polar surface area (TPSA) is 101 Å². The van der Waals surface area contributed by atoms with Crippen LogP contribution < -0.4 is 0 Å². The number of aromatic amines is 2. The largest absolute Gasteiger partial charge is 0.381 e. The first-order valence-corrected chi connectivity index (χ1v) is 9.36. The Hall–Kier alpha value is -3.26. The van der Waals surface area contributed by atoms with Crippen LogP contribution >= 0.6 is 0 Å². The van der Waals surface area contributed by atoms with Crippen LogP contribution in [0.4, 0.5) is 0 Å². The Morgan fingerprint density at radius 2 is 2.25 bits per heavy atom. The van der Waals surface area contributed by atoms with E-state index in [2.05, 4.69) is 25.5 Å². The minimum absolute atomic E-state index is 0.0222. The normalized spacial score (nSPS) is 16.8. The zero-order valence-electron chi connectivity index (χ0n) is 15.3. The van der Waals surface area contributed by atoms with Crippen LogP contribution in [0.25, 0.3) is 22.0 Å². The molecule has 28 heavy (non-hydrogen) atoms. The summed E-state index contributed by atoms with van der Waals surface area (Å²) in [6.07, 6.45) is 8.65. The second-order valence-corrected chi connectivity index (χ2v) is 7.22. The zero-order valence-corrected chi connectivity index (χ0v) is 15.3. The van der Waals surface area contributed by atoms with Crippen LogP contribution in [0.3, 0.4) is 0 Å². The van der Waals surface area contributed by atoms with E-state index in [4.69, 9.17) is 4.74 Å². The number of ketones is 1. The molecule has 1 aliphatic heterocycles. The summed E-state index contributed by atoms with van der Waals surface area (Å²) in [7, 11) is 0. The molecule has 1 aliphatic rings. The van der Waals surface area contributed by atoms with Crippen LogP contribution in [0.1, 0.15) is 22.5 Å². The third-order valence-corrected chi connectivity index (χ3v) is 5.18. The smallest absolute Gasteiger partial charge is 0.188 e. The van der Waals surface area contributed by atoms with E-state index in [0.29, 0.717) is 11.6 Å². The summed E-state index contributed by atoms with van der Waals surface area (Å²) in [5.41, 5.74) is 4.20. The van der Waals surface area contributed by atoms with Crippen molar-refractivity contribution < 1.29 is 9.53 Å². The molecule has 0 saturated carbocycles. The average molecular weight is 376 g/mol. The first-order chi connectivity index (χ1) is 13.8. The summed E-state index contributed by atoms with van der Waals surface area (Å²) in [6, 6.07) is 5.88. The van der Waals surface area contributed by atoms with Crippen molar-refractivity contribution in [3.05, 3.63) is 54.2 Å². The van der Waals surface area contributed by atoms with Crippen molar-refractivity contribution in [1.29, 1.82) is 0 Å². The highest BCUT2D eigenvalue weighted by Gasteiger charge is 2.18. The number of hydrogen-bond acceptors (Lipinski definition) is 5. The molecule has 3 aromatic heterocycles. The van der Waals surface area contributed by atoms with Crippen molar-refractivity contribution >= 4 is 16.7 Å². The molecular formula is C20H20N6O2. The van der Waals surface area contributed by atoms with Gasteiger partial charge in [0.05, 0.1) is 24.5 Å².